The van der Waals surface area contributed by atoms with Gasteiger partial charge in [-0.05, 0) is 34.9 Å². The van der Waals surface area contributed by atoms with Crippen LogP contribution < -0.4 is 11.1 Å². The number of fused-ring (bicyclic) bond motifs is 1. The maximum atomic E-state index is 5.77. The topological polar surface area (TPSA) is 63.8 Å². The van der Waals surface area contributed by atoms with Gasteiger partial charge < -0.3 is 11.1 Å². The van der Waals surface area contributed by atoms with Gasteiger partial charge in [0.15, 0.2) is 0 Å². The van der Waals surface area contributed by atoms with Crippen molar-refractivity contribution in [3.63, 3.8) is 0 Å². The molecule has 0 spiro atoms. The summed E-state index contributed by atoms with van der Waals surface area (Å²) in [6.45, 7) is 2.90. The molecule has 3 rings (SSSR count). The summed E-state index contributed by atoms with van der Waals surface area (Å²) in [5, 5.41) is 8.61. The van der Waals surface area contributed by atoms with Crippen molar-refractivity contribution in [2.75, 3.05) is 11.1 Å². The Morgan fingerprint density at radius 1 is 1.37 bits per heavy atom. The summed E-state index contributed by atoms with van der Waals surface area (Å²) >= 11 is 3.37. The SMILES string of the molecule is CCc1cc2c(NCc3ccsc3)nc(N)nc2s1. The number of rotatable bonds is 4. The first-order valence-corrected chi connectivity index (χ1v) is 7.83. The lowest BCUT2D eigenvalue weighted by Gasteiger charge is -2.06. The molecule has 3 aromatic rings. The number of aromatic nitrogens is 2. The third-order valence-electron chi connectivity index (χ3n) is 2.85. The van der Waals surface area contributed by atoms with E-state index in [0.717, 1.165) is 29.0 Å². The van der Waals surface area contributed by atoms with Gasteiger partial charge in [0, 0.05) is 11.4 Å². The fourth-order valence-electron chi connectivity index (χ4n) is 1.88. The summed E-state index contributed by atoms with van der Waals surface area (Å²) in [6, 6.07) is 4.25. The van der Waals surface area contributed by atoms with Crippen molar-refractivity contribution in [1.82, 2.24) is 9.97 Å². The molecule has 0 saturated heterocycles. The smallest absolute Gasteiger partial charge is 0.223 e. The van der Waals surface area contributed by atoms with Crippen molar-refractivity contribution >= 4 is 44.7 Å². The highest BCUT2D eigenvalue weighted by Gasteiger charge is 2.10. The molecule has 0 unspecified atom stereocenters. The third-order valence-corrected chi connectivity index (χ3v) is 4.75. The maximum Gasteiger partial charge on any atom is 0.223 e. The van der Waals surface area contributed by atoms with Gasteiger partial charge in [0.25, 0.3) is 0 Å². The standard InChI is InChI=1S/C13H14N4S2/c1-2-9-5-10-11(15-6-8-3-4-18-7-8)16-13(14)17-12(10)19-9/h3-5,7H,2,6H2,1H3,(H3,14,15,16,17). The molecule has 98 valence electrons. The molecule has 0 aliphatic rings. The van der Waals surface area contributed by atoms with E-state index < -0.39 is 0 Å². The van der Waals surface area contributed by atoms with E-state index in [1.807, 2.05) is 0 Å². The summed E-state index contributed by atoms with van der Waals surface area (Å²) in [7, 11) is 0. The molecule has 3 N–H and O–H groups in total. The van der Waals surface area contributed by atoms with Crippen molar-refractivity contribution in [3.8, 4) is 0 Å². The number of thiophene rings is 2. The minimum Gasteiger partial charge on any atom is -0.368 e. The molecule has 0 fully saturated rings. The Kier molecular flexibility index (Phi) is 3.35. The van der Waals surface area contributed by atoms with E-state index in [4.69, 9.17) is 5.73 Å². The van der Waals surface area contributed by atoms with Crippen molar-refractivity contribution in [3.05, 3.63) is 33.3 Å². The van der Waals surface area contributed by atoms with Crippen LogP contribution in [0.3, 0.4) is 0 Å². The molecule has 19 heavy (non-hydrogen) atoms. The van der Waals surface area contributed by atoms with Crippen LogP contribution in [0.2, 0.25) is 0 Å². The second-order valence-corrected chi connectivity index (χ2v) is 6.10. The van der Waals surface area contributed by atoms with E-state index in [-0.39, 0.29) is 0 Å². The van der Waals surface area contributed by atoms with Gasteiger partial charge in [-0.15, -0.1) is 11.3 Å². The highest BCUT2D eigenvalue weighted by molar-refractivity contribution is 7.18. The van der Waals surface area contributed by atoms with E-state index in [1.54, 1.807) is 22.7 Å². The zero-order chi connectivity index (χ0) is 13.2. The average Bonchev–Trinajstić information content (AvgIpc) is 3.04. The number of hydrogen-bond acceptors (Lipinski definition) is 6. The molecule has 3 heterocycles. The van der Waals surface area contributed by atoms with Crippen LogP contribution in [0.4, 0.5) is 11.8 Å². The Bertz CT molecular complexity index is 688. The van der Waals surface area contributed by atoms with Crippen LogP contribution in [-0.4, -0.2) is 9.97 Å². The number of nitrogens with two attached hydrogens (primary N) is 1. The molecule has 0 radical (unpaired) electrons. The first kappa shape index (κ1) is 12.4. The van der Waals surface area contributed by atoms with Gasteiger partial charge >= 0.3 is 0 Å². The quantitative estimate of drug-likeness (QED) is 0.772. The zero-order valence-electron chi connectivity index (χ0n) is 10.5. The number of anilines is 2. The predicted octanol–water partition coefficient (Wildman–Crippen LogP) is 3.51. The molecule has 6 heteroatoms. The summed E-state index contributed by atoms with van der Waals surface area (Å²) in [5.74, 6) is 1.15. The van der Waals surface area contributed by atoms with Crippen LogP contribution in [0, 0.1) is 0 Å². The van der Waals surface area contributed by atoms with Gasteiger partial charge in [0.1, 0.15) is 10.6 Å². The van der Waals surface area contributed by atoms with Gasteiger partial charge in [-0.25, -0.2) is 4.98 Å². The van der Waals surface area contributed by atoms with Crippen LogP contribution in [0.1, 0.15) is 17.4 Å². The van der Waals surface area contributed by atoms with E-state index in [1.165, 1.54) is 10.4 Å². The number of nitrogen functional groups attached to an aromatic ring is 1. The van der Waals surface area contributed by atoms with Gasteiger partial charge in [-0.2, -0.15) is 16.3 Å². The number of nitrogens with zero attached hydrogens (tertiary/aromatic N) is 2. The zero-order valence-corrected chi connectivity index (χ0v) is 12.1. The van der Waals surface area contributed by atoms with Gasteiger partial charge in [0.2, 0.25) is 5.95 Å². The normalized spacial score (nSPS) is 11.0. The van der Waals surface area contributed by atoms with Gasteiger partial charge in [-0.3, -0.25) is 0 Å². The van der Waals surface area contributed by atoms with Crippen molar-refractivity contribution in [2.45, 2.75) is 19.9 Å². The first-order valence-electron chi connectivity index (χ1n) is 6.07. The van der Waals surface area contributed by atoms with Gasteiger partial charge in [0.05, 0.1) is 5.39 Å². The number of nitrogens with one attached hydrogen (secondary N) is 1. The van der Waals surface area contributed by atoms with E-state index in [0.29, 0.717) is 5.95 Å². The summed E-state index contributed by atoms with van der Waals surface area (Å²) in [5.41, 5.74) is 7.02. The number of hydrogen-bond donors (Lipinski definition) is 2. The lowest BCUT2D eigenvalue weighted by Crippen LogP contribution is -2.03. The minimum absolute atomic E-state index is 0.324. The average molecular weight is 290 g/mol. The van der Waals surface area contributed by atoms with Crippen LogP contribution in [0.25, 0.3) is 10.2 Å². The Balaban J connectivity index is 1.94. The summed E-state index contributed by atoms with van der Waals surface area (Å²) < 4.78 is 0. The Hall–Kier alpha value is -1.66. The second-order valence-electron chi connectivity index (χ2n) is 4.20. The lowest BCUT2D eigenvalue weighted by atomic mass is 10.3. The maximum absolute atomic E-state index is 5.77. The third kappa shape index (κ3) is 2.54. The second kappa shape index (κ2) is 5.14. The van der Waals surface area contributed by atoms with Crippen LogP contribution in [0.5, 0.6) is 0 Å². The van der Waals surface area contributed by atoms with Crippen molar-refractivity contribution < 1.29 is 0 Å². The summed E-state index contributed by atoms with van der Waals surface area (Å²) in [6.07, 6.45) is 1.00. The molecule has 0 aliphatic carbocycles. The molecule has 0 aliphatic heterocycles. The fourth-order valence-corrected chi connectivity index (χ4v) is 3.52. The Morgan fingerprint density at radius 3 is 3.00 bits per heavy atom. The summed E-state index contributed by atoms with van der Waals surface area (Å²) in [4.78, 5) is 10.9. The van der Waals surface area contributed by atoms with E-state index >= 15 is 0 Å². The number of aryl methyl sites for hydroxylation is 1. The molecular formula is C13H14N4S2. The Morgan fingerprint density at radius 2 is 2.26 bits per heavy atom. The van der Waals surface area contributed by atoms with Crippen molar-refractivity contribution in [1.29, 1.82) is 0 Å². The van der Waals surface area contributed by atoms with E-state index in [2.05, 4.69) is 45.1 Å². The molecule has 0 bridgehead atoms. The lowest BCUT2D eigenvalue weighted by molar-refractivity contribution is 1.12. The molecule has 4 nitrogen and oxygen atoms in total. The molecule has 0 amide bonds. The first-order chi connectivity index (χ1) is 9.26. The monoisotopic (exact) mass is 290 g/mol. The molecule has 3 aromatic heterocycles. The van der Waals surface area contributed by atoms with Crippen LogP contribution in [-0.2, 0) is 13.0 Å². The highest BCUT2D eigenvalue weighted by atomic mass is 32.1. The molecule has 0 aromatic carbocycles. The minimum atomic E-state index is 0.324. The highest BCUT2D eigenvalue weighted by Crippen LogP contribution is 2.30. The van der Waals surface area contributed by atoms with Crippen LogP contribution in [0.15, 0.2) is 22.9 Å². The van der Waals surface area contributed by atoms with E-state index in [9.17, 15) is 0 Å². The van der Waals surface area contributed by atoms with Crippen molar-refractivity contribution in [2.24, 2.45) is 0 Å². The predicted molar refractivity (Wildman–Crippen MR) is 82.9 cm³/mol. The largest absolute Gasteiger partial charge is 0.368 e. The van der Waals surface area contributed by atoms with Crippen LogP contribution >= 0.6 is 22.7 Å². The molecular weight excluding hydrogens is 276 g/mol. The molecule has 0 atom stereocenters. The fraction of sp³-hybridized carbons (Fsp3) is 0.231. The van der Waals surface area contributed by atoms with Gasteiger partial charge in [-0.1, -0.05) is 6.92 Å². The molecule has 0 saturated carbocycles. The Labute approximate surface area is 119 Å².